The smallest absolute Gasteiger partial charge is 0.323 e. The van der Waals surface area contributed by atoms with Crippen LogP contribution >= 0.6 is 0 Å². The van der Waals surface area contributed by atoms with E-state index in [9.17, 15) is 14.4 Å². The van der Waals surface area contributed by atoms with Gasteiger partial charge in [0, 0.05) is 18.8 Å². The zero-order chi connectivity index (χ0) is 19.1. The molecule has 1 aromatic rings. The Morgan fingerprint density at radius 1 is 1.31 bits per heavy atom. The van der Waals surface area contributed by atoms with Crippen LogP contribution in [0.4, 0.5) is 0 Å². The van der Waals surface area contributed by atoms with Crippen LogP contribution in [0.1, 0.15) is 56.3 Å². The zero-order valence-corrected chi connectivity index (χ0v) is 15.5. The fourth-order valence-electron chi connectivity index (χ4n) is 3.23. The van der Waals surface area contributed by atoms with Crippen LogP contribution < -0.4 is 5.32 Å². The van der Waals surface area contributed by atoms with Crippen LogP contribution in [0.3, 0.4) is 0 Å². The van der Waals surface area contributed by atoms with Crippen molar-refractivity contribution in [3.05, 3.63) is 18.0 Å². The molecule has 1 heterocycles. The van der Waals surface area contributed by atoms with Gasteiger partial charge < -0.3 is 15.3 Å². The number of carboxylic acids is 1. The molecule has 144 valence electrons. The summed E-state index contributed by atoms with van der Waals surface area (Å²) in [5.74, 6) is -1.42. The van der Waals surface area contributed by atoms with Gasteiger partial charge in [-0.1, -0.05) is 33.1 Å². The Kier molecular flexibility index (Phi) is 7.17. The number of aliphatic carboxylic acids is 1. The number of carbonyl (C=O) groups is 3. The first-order chi connectivity index (χ1) is 12.3. The van der Waals surface area contributed by atoms with Crippen LogP contribution in [0.2, 0.25) is 0 Å². The number of hydrogen-bond donors (Lipinski definition) is 2. The van der Waals surface area contributed by atoms with Gasteiger partial charge in [-0.15, -0.1) is 0 Å². The van der Waals surface area contributed by atoms with Gasteiger partial charge in [0.2, 0.25) is 5.91 Å². The van der Waals surface area contributed by atoms with Crippen LogP contribution in [0.5, 0.6) is 0 Å². The summed E-state index contributed by atoms with van der Waals surface area (Å²) in [7, 11) is 0. The normalized spacial score (nSPS) is 15.0. The van der Waals surface area contributed by atoms with Crippen molar-refractivity contribution in [3.8, 4) is 0 Å². The predicted molar refractivity (Wildman–Crippen MR) is 95.6 cm³/mol. The molecule has 1 aliphatic carbocycles. The van der Waals surface area contributed by atoms with Crippen LogP contribution in [0.25, 0.3) is 0 Å². The Balaban J connectivity index is 1.94. The summed E-state index contributed by atoms with van der Waals surface area (Å²) in [4.78, 5) is 37.0. The van der Waals surface area contributed by atoms with Gasteiger partial charge >= 0.3 is 5.97 Å². The maximum absolute atomic E-state index is 12.5. The molecular formula is C18H28N4O4. The van der Waals surface area contributed by atoms with Gasteiger partial charge in [0.05, 0.1) is 11.8 Å². The Bertz CT molecular complexity index is 635. The predicted octanol–water partition coefficient (Wildman–Crippen LogP) is 1.51. The lowest BCUT2D eigenvalue weighted by Crippen LogP contribution is -2.38. The molecule has 8 heteroatoms. The van der Waals surface area contributed by atoms with Gasteiger partial charge in [-0.05, 0) is 18.8 Å². The largest absolute Gasteiger partial charge is 0.480 e. The van der Waals surface area contributed by atoms with E-state index >= 15 is 0 Å². The molecule has 1 aromatic heterocycles. The standard InChI is InChI=1S/C18H28N4O4/c1-13(2)9-21(12-17(24)25)18(26)14-8-19-22(10-14)11-16(23)20-15-6-4-3-5-7-15/h8,10,13,15H,3-7,9,11-12H2,1-2H3,(H,20,23)(H,24,25). The SMILES string of the molecule is CC(C)CN(CC(=O)O)C(=O)c1cnn(CC(=O)NC2CCCCC2)c1. The number of nitrogens with one attached hydrogen (secondary N) is 1. The molecule has 2 amide bonds. The van der Waals surface area contributed by atoms with Gasteiger partial charge in [0.15, 0.2) is 0 Å². The van der Waals surface area contributed by atoms with E-state index in [1.165, 1.54) is 28.4 Å². The molecule has 0 unspecified atom stereocenters. The van der Waals surface area contributed by atoms with E-state index in [1.54, 1.807) is 0 Å². The third-order valence-electron chi connectivity index (χ3n) is 4.35. The fourth-order valence-corrected chi connectivity index (χ4v) is 3.23. The molecule has 1 fully saturated rings. The summed E-state index contributed by atoms with van der Waals surface area (Å²) < 4.78 is 1.42. The summed E-state index contributed by atoms with van der Waals surface area (Å²) in [6.07, 6.45) is 8.40. The van der Waals surface area contributed by atoms with E-state index in [1.807, 2.05) is 13.8 Å². The third kappa shape index (κ3) is 6.16. The second-order valence-corrected chi connectivity index (χ2v) is 7.30. The minimum Gasteiger partial charge on any atom is -0.480 e. The van der Waals surface area contributed by atoms with Crippen molar-refractivity contribution in [3.63, 3.8) is 0 Å². The number of carboxylic acid groups (broad SMARTS) is 1. The highest BCUT2D eigenvalue weighted by Crippen LogP contribution is 2.17. The molecule has 0 atom stereocenters. The van der Waals surface area contributed by atoms with Crippen LogP contribution in [0, 0.1) is 5.92 Å². The van der Waals surface area contributed by atoms with Gasteiger partial charge in [-0.25, -0.2) is 0 Å². The third-order valence-corrected chi connectivity index (χ3v) is 4.35. The van der Waals surface area contributed by atoms with Gasteiger partial charge in [-0.2, -0.15) is 5.10 Å². The maximum atomic E-state index is 12.5. The number of nitrogens with zero attached hydrogens (tertiary/aromatic N) is 3. The highest BCUT2D eigenvalue weighted by Gasteiger charge is 2.21. The molecule has 26 heavy (non-hydrogen) atoms. The molecular weight excluding hydrogens is 336 g/mol. The van der Waals surface area contributed by atoms with Crippen molar-refractivity contribution in [2.75, 3.05) is 13.1 Å². The molecule has 0 bridgehead atoms. The van der Waals surface area contributed by atoms with E-state index in [0.717, 1.165) is 25.7 Å². The highest BCUT2D eigenvalue weighted by atomic mass is 16.4. The highest BCUT2D eigenvalue weighted by molar-refractivity contribution is 5.95. The first-order valence-corrected chi connectivity index (χ1v) is 9.18. The minimum atomic E-state index is -1.06. The van der Waals surface area contributed by atoms with E-state index in [2.05, 4.69) is 10.4 Å². The first kappa shape index (κ1) is 19.9. The van der Waals surface area contributed by atoms with Crippen molar-refractivity contribution in [1.29, 1.82) is 0 Å². The lowest BCUT2D eigenvalue weighted by Gasteiger charge is -2.22. The summed E-state index contributed by atoms with van der Waals surface area (Å²) in [5.41, 5.74) is 0.289. The maximum Gasteiger partial charge on any atom is 0.323 e. The molecule has 0 aromatic carbocycles. The lowest BCUT2D eigenvalue weighted by atomic mass is 9.95. The van der Waals surface area contributed by atoms with Crippen molar-refractivity contribution < 1.29 is 19.5 Å². The van der Waals surface area contributed by atoms with Crippen molar-refractivity contribution >= 4 is 17.8 Å². The van der Waals surface area contributed by atoms with E-state index < -0.39 is 5.97 Å². The van der Waals surface area contributed by atoms with Crippen molar-refractivity contribution in [1.82, 2.24) is 20.0 Å². The summed E-state index contributed by atoms with van der Waals surface area (Å²) >= 11 is 0. The first-order valence-electron chi connectivity index (χ1n) is 9.18. The molecule has 0 aliphatic heterocycles. The summed E-state index contributed by atoms with van der Waals surface area (Å²) in [6.45, 7) is 3.87. The molecule has 2 N–H and O–H groups in total. The average molecular weight is 364 g/mol. The topological polar surface area (TPSA) is 105 Å². The second-order valence-electron chi connectivity index (χ2n) is 7.30. The molecule has 0 spiro atoms. The minimum absolute atomic E-state index is 0.0485. The number of hydrogen-bond acceptors (Lipinski definition) is 4. The number of amides is 2. The van der Waals surface area contributed by atoms with Crippen molar-refractivity contribution in [2.24, 2.45) is 5.92 Å². The lowest BCUT2D eigenvalue weighted by molar-refractivity contribution is -0.137. The summed E-state index contributed by atoms with van der Waals surface area (Å²) in [5, 5.41) is 16.1. The van der Waals surface area contributed by atoms with Gasteiger partial charge in [0.25, 0.3) is 5.91 Å². The van der Waals surface area contributed by atoms with E-state index in [4.69, 9.17) is 5.11 Å². The second kappa shape index (κ2) is 9.35. The quantitative estimate of drug-likeness (QED) is 0.728. The Morgan fingerprint density at radius 3 is 2.62 bits per heavy atom. The van der Waals surface area contributed by atoms with Gasteiger partial charge in [0.1, 0.15) is 13.1 Å². The van der Waals surface area contributed by atoms with Gasteiger partial charge in [-0.3, -0.25) is 19.1 Å². The van der Waals surface area contributed by atoms with E-state index in [0.29, 0.717) is 6.54 Å². The Hall–Kier alpha value is -2.38. The summed E-state index contributed by atoms with van der Waals surface area (Å²) in [6, 6.07) is 0.227. The average Bonchev–Trinajstić information content (AvgIpc) is 3.01. The Labute approximate surface area is 153 Å². The Morgan fingerprint density at radius 2 is 2.00 bits per heavy atom. The molecule has 2 rings (SSSR count). The van der Waals surface area contributed by atoms with E-state index in [-0.39, 0.29) is 42.4 Å². The molecule has 1 aliphatic rings. The number of carbonyl (C=O) groups excluding carboxylic acids is 2. The monoisotopic (exact) mass is 364 g/mol. The molecule has 1 saturated carbocycles. The van der Waals surface area contributed by atoms with Crippen molar-refractivity contribution in [2.45, 2.75) is 58.5 Å². The van der Waals surface area contributed by atoms with Crippen LogP contribution in [-0.4, -0.2) is 56.7 Å². The fraction of sp³-hybridized carbons (Fsp3) is 0.667. The molecule has 0 saturated heterocycles. The zero-order valence-electron chi connectivity index (χ0n) is 15.5. The number of rotatable bonds is 8. The number of aromatic nitrogens is 2. The molecule has 0 radical (unpaired) electrons. The van der Waals surface area contributed by atoms with Crippen LogP contribution in [-0.2, 0) is 16.1 Å². The van der Waals surface area contributed by atoms with Crippen LogP contribution in [0.15, 0.2) is 12.4 Å². The molecule has 8 nitrogen and oxygen atoms in total.